The highest BCUT2D eigenvalue weighted by molar-refractivity contribution is 5.83. The average Bonchev–Trinajstić information content (AvgIpc) is 2.95. The maximum Gasteiger partial charge on any atom is 0.244 e. The molecule has 1 amide bonds. The van der Waals surface area contributed by atoms with E-state index >= 15 is 0 Å². The summed E-state index contributed by atoms with van der Waals surface area (Å²) in [5.41, 5.74) is 7.08. The van der Waals surface area contributed by atoms with Gasteiger partial charge in [0.1, 0.15) is 6.04 Å². The number of piperidine rings is 1. The minimum absolute atomic E-state index is 0.114. The standard InChI is InChI=1S/C16H22N2O/c17-15(13-6-2-1-3-7-13)16(19)18-11-5-9-12-8-4-10-14(12)18/h1-3,6-7,12,14-15H,4-5,8-11,17H2. The molecule has 0 aromatic heterocycles. The van der Waals surface area contributed by atoms with Crippen LogP contribution in [0.15, 0.2) is 30.3 Å². The van der Waals surface area contributed by atoms with Crippen molar-refractivity contribution in [2.75, 3.05) is 6.54 Å². The molecule has 2 aliphatic rings. The second kappa shape index (κ2) is 5.33. The van der Waals surface area contributed by atoms with Crippen molar-refractivity contribution in [2.45, 2.75) is 44.2 Å². The molecule has 1 aliphatic carbocycles. The van der Waals surface area contributed by atoms with Crippen LogP contribution in [-0.2, 0) is 4.79 Å². The van der Waals surface area contributed by atoms with Crippen molar-refractivity contribution in [1.29, 1.82) is 0 Å². The number of amides is 1. The summed E-state index contributed by atoms with van der Waals surface area (Å²) in [7, 11) is 0. The molecule has 3 heteroatoms. The highest BCUT2D eigenvalue weighted by Crippen LogP contribution is 2.37. The Morgan fingerprint density at radius 3 is 2.68 bits per heavy atom. The Bertz CT molecular complexity index is 445. The molecule has 3 atom stereocenters. The largest absolute Gasteiger partial charge is 0.338 e. The lowest BCUT2D eigenvalue weighted by molar-refractivity contribution is -0.137. The zero-order chi connectivity index (χ0) is 13.2. The van der Waals surface area contributed by atoms with Gasteiger partial charge in [0, 0.05) is 12.6 Å². The molecule has 1 aromatic carbocycles. The number of benzene rings is 1. The zero-order valence-electron chi connectivity index (χ0n) is 11.3. The minimum atomic E-state index is -0.499. The number of rotatable bonds is 2. The van der Waals surface area contributed by atoms with Crippen molar-refractivity contribution in [1.82, 2.24) is 4.90 Å². The lowest BCUT2D eigenvalue weighted by atomic mass is 9.91. The van der Waals surface area contributed by atoms with E-state index in [0.29, 0.717) is 6.04 Å². The molecule has 1 saturated heterocycles. The summed E-state index contributed by atoms with van der Waals surface area (Å²) in [4.78, 5) is 14.7. The van der Waals surface area contributed by atoms with E-state index in [4.69, 9.17) is 5.73 Å². The van der Waals surface area contributed by atoms with Gasteiger partial charge in [-0.25, -0.2) is 0 Å². The van der Waals surface area contributed by atoms with Gasteiger partial charge in [0.2, 0.25) is 5.91 Å². The molecule has 3 rings (SSSR count). The molecule has 0 bridgehead atoms. The quantitative estimate of drug-likeness (QED) is 0.886. The van der Waals surface area contributed by atoms with Crippen molar-refractivity contribution in [3.63, 3.8) is 0 Å². The van der Waals surface area contributed by atoms with Gasteiger partial charge in [0.15, 0.2) is 0 Å². The van der Waals surface area contributed by atoms with Gasteiger partial charge in [-0.15, -0.1) is 0 Å². The lowest BCUT2D eigenvalue weighted by Gasteiger charge is -2.39. The summed E-state index contributed by atoms with van der Waals surface area (Å²) in [6.45, 7) is 0.889. The van der Waals surface area contributed by atoms with Crippen LogP contribution in [0.5, 0.6) is 0 Å². The number of carbonyl (C=O) groups excluding carboxylic acids is 1. The van der Waals surface area contributed by atoms with Crippen LogP contribution >= 0.6 is 0 Å². The molecule has 0 radical (unpaired) electrons. The Kier molecular flexibility index (Phi) is 3.56. The van der Waals surface area contributed by atoms with Gasteiger partial charge in [-0.05, 0) is 37.2 Å². The van der Waals surface area contributed by atoms with Gasteiger partial charge in [-0.3, -0.25) is 4.79 Å². The topological polar surface area (TPSA) is 46.3 Å². The third kappa shape index (κ3) is 2.39. The Labute approximate surface area is 114 Å². The van der Waals surface area contributed by atoms with Gasteiger partial charge in [-0.2, -0.15) is 0 Å². The average molecular weight is 258 g/mol. The number of likely N-dealkylation sites (tertiary alicyclic amines) is 1. The number of nitrogens with zero attached hydrogens (tertiary/aromatic N) is 1. The van der Waals surface area contributed by atoms with Crippen LogP contribution in [0.2, 0.25) is 0 Å². The highest BCUT2D eigenvalue weighted by Gasteiger charge is 2.38. The summed E-state index contributed by atoms with van der Waals surface area (Å²) < 4.78 is 0. The van der Waals surface area contributed by atoms with Gasteiger partial charge in [-0.1, -0.05) is 36.8 Å². The predicted molar refractivity (Wildman–Crippen MR) is 75.4 cm³/mol. The summed E-state index contributed by atoms with van der Waals surface area (Å²) in [6.07, 6.45) is 6.13. The molecule has 3 unspecified atom stereocenters. The van der Waals surface area contributed by atoms with Gasteiger partial charge >= 0.3 is 0 Å². The van der Waals surface area contributed by atoms with Crippen molar-refractivity contribution >= 4 is 5.91 Å². The highest BCUT2D eigenvalue weighted by atomic mass is 16.2. The zero-order valence-corrected chi connectivity index (χ0v) is 11.3. The monoisotopic (exact) mass is 258 g/mol. The maximum atomic E-state index is 12.6. The third-order valence-corrected chi connectivity index (χ3v) is 4.70. The van der Waals surface area contributed by atoms with Crippen molar-refractivity contribution in [3.8, 4) is 0 Å². The molecular weight excluding hydrogens is 236 g/mol. The van der Waals surface area contributed by atoms with Gasteiger partial charge < -0.3 is 10.6 Å². The first-order valence-corrected chi connectivity index (χ1v) is 7.38. The maximum absolute atomic E-state index is 12.6. The first-order valence-electron chi connectivity index (χ1n) is 7.38. The van der Waals surface area contributed by atoms with Crippen molar-refractivity contribution in [2.24, 2.45) is 11.7 Å². The van der Waals surface area contributed by atoms with Crippen LogP contribution in [0.4, 0.5) is 0 Å². The van der Waals surface area contributed by atoms with Crippen LogP contribution in [0.3, 0.4) is 0 Å². The summed E-state index contributed by atoms with van der Waals surface area (Å²) in [5, 5.41) is 0. The van der Waals surface area contributed by atoms with Crippen LogP contribution in [0, 0.1) is 5.92 Å². The van der Waals surface area contributed by atoms with Crippen LogP contribution in [-0.4, -0.2) is 23.4 Å². The minimum Gasteiger partial charge on any atom is -0.338 e. The molecule has 1 aromatic rings. The normalized spacial score (nSPS) is 27.9. The summed E-state index contributed by atoms with van der Waals surface area (Å²) >= 11 is 0. The first-order chi connectivity index (χ1) is 9.27. The number of hydrogen-bond donors (Lipinski definition) is 1. The smallest absolute Gasteiger partial charge is 0.244 e. The molecule has 1 aliphatic heterocycles. The molecule has 1 heterocycles. The fourth-order valence-corrected chi connectivity index (χ4v) is 3.71. The van der Waals surface area contributed by atoms with E-state index in [1.165, 1.54) is 19.3 Å². The number of nitrogens with two attached hydrogens (primary N) is 1. The Morgan fingerprint density at radius 2 is 1.89 bits per heavy atom. The molecule has 2 N–H and O–H groups in total. The Hall–Kier alpha value is -1.35. The molecular formula is C16H22N2O. The van der Waals surface area contributed by atoms with E-state index in [1.807, 2.05) is 30.3 Å². The summed E-state index contributed by atoms with van der Waals surface area (Å²) in [5.74, 6) is 0.837. The lowest BCUT2D eigenvalue weighted by Crippen LogP contribution is -2.49. The van der Waals surface area contributed by atoms with E-state index in [1.54, 1.807) is 0 Å². The van der Waals surface area contributed by atoms with Crippen LogP contribution in [0.25, 0.3) is 0 Å². The van der Waals surface area contributed by atoms with E-state index in [0.717, 1.165) is 30.9 Å². The predicted octanol–water partition coefficient (Wildman–Crippen LogP) is 2.48. The third-order valence-electron chi connectivity index (χ3n) is 4.70. The van der Waals surface area contributed by atoms with Crippen molar-refractivity contribution < 1.29 is 4.79 Å². The molecule has 19 heavy (non-hydrogen) atoms. The van der Waals surface area contributed by atoms with E-state index in [9.17, 15) is 4.79 Å². The van der Waals surface area contributed by atoms with Crippen LogP contribution < -0.4 is 5.73 Å². The SMILES string of the molecule is NC(C(=O)N1CCCC2CCCC21)c1ccccc1. The number of hydrogen-bond acceptors (Lipinski definition) is 2. The second-order valence-corrected chi connectivity index (χ2v) is 5.82. The Balaban J connectivity index is 1.76. The fraction of sp³-hybridized carbons (Fsp3) is 0.562. The van der Waals surface area contributed by atoms with Gasteiger partial charge in [0.25, 0.3) is 0 Å². The van der Waals surface area contributed by atoms with Crippen LogP contribution in [0.1, 0.15) is 43.7 Å². The van der Waals surface area contributed by atoms with E-state index in [2.05, 4.69) is 4.90 Å². The molecule has 2 fully saturated rings. The number of fused-ring (bicyclic) bond motifs is 1. The van der Waals surface area contributed by atoms with E-state index in [-0.39, 0.29) is 5.91 Å². The molecule has 102 valence electrons. The second-order valence-electron chi connectivity index (χ2n) is 5.82. The summed E-state index contributed by atoms with van der Waals surface area (Å²) in [6, 6.07) is 9.68. The van der Waals surface area contributed by atoms with Crippen molar-refractivity contribution in [3.05, 3.63) is 35.9 Å². The molecule has 3 nitrogen and oxygen atoms in total. The van der Waals surface area contributed by atoms with Gasteiger partial charge in [0.05, 0.1) is 0 Å². The Morgan fingerprint density at radius 1 is 1.16 bits per heavy atom. The number of carbonyl (C=O) groups is 1. The van der Waals surface area contributed by atoms with E-state index < -0.39 is 6.04 Å². The molecule has 0 spiro atoms. The first kappa shape index (κ1) is 12.7. The fourth-order valence-electron chi connectivity index (χ4n) is 3.71. The molecule has 1 saturated carbocycles.